The Balaban J connectivity index is 2.81. The van der Waals surface area contributed by atoms with Gasteiger partial charge in [0, 0.05) is 11.4 Å². The molecule has 6 heteroatoms. The second-order valence-corrected chi connectivity index (χ2v) is 5.89. The van der Waals surface area contributed by atoms with E-state index in [1.807, 2.05) is 17.5 Å². The second-order valence-electron chi connectivity index (χ2n) is 4.91. The first-order chi connectivity index (χ1) is 8.90. The minimum Gasteiger partial charge on any atom is -0.469 e. The third-order valence-electron chi connectivity index (χ3n) is 2.92. The number of hydrogen-bond donors (Lipinski definition) is 2. The lowest BCUT2D eigenvalue weighted by Gasteiger charge is -2.25. The minimum atomic E-state index is -0.661. The molecule has 1 rings (SSSR count). The van der Waals surface area contributed by atoms with Crippen LogP contribution in [0.2, 0.25) is 0 Å². The van der Waals surface area contributed by atoms with Crippen LogP contribution >= 0.6 is 11.3 Å². The lowest BCUT2D eigenvalue weighted by Crippen LogP contribution is -2.43. The molecule has 0 bridgehead atoms. The number of esters is 1. The van der Waals surface area contributed by atoms with Gasteiger partial charge in [0.15, 0.2) is 0 Å². The number of methoxy groups -OCH3 is 1. The van der Waals surface area contributed by atoms with E-state index in [1.165, 1.54) is 18.4 Å². The van der Waals surface area contributed by atoms with Gasteiger partial charge in [0.25, 0.3) is 0 Å². The van der Waals surface area contributed by atoms with Gasteiger partial charge < -0.3 is 15.8 Å². The Morgan fingerprint density at radius 2 is 2.21 bits per heavy atom. The van der Waals surface area contributed by atoms with Gasteiger partial charge in [-0.1, -0.05) is 6.07 Å². The molecule has 0 saturated carbocycles. The number of carbonyl (C=O) groups is 2. The van der Waals surface area contributed by atoms with Crippen molar-refractivity contribution in [1.82, 2.24) is 5.32 Å². The molecule has 3 N–H and O–H groups in total. The smallest absolute Gasteiger partial charge is 0.307 e. The SMILES string of the molecule is COC(=O)CC(NC(=O)C(C)(C)CN)c1cccs1. The van der Waals surface area contributed by atoms with E-state index >= 15 is 0 Å². The molecule has 0 saturated heterocycles. The molecular formula is C13H20N2O3S. The van der Waals surface area contributed by atoms with Crippen molar-refractivity contribution < 1.29 is 14.3 Å². The number of rotatable bonds is 6. The number of amides is 1. The van der Waals surface area contributed by atoms with E-state index in [2.05, 4.69) is 10.1 Å². The maximum absolute atomic E-state index is 12.1. The average molecular weight is 284 g/mol. The van der Waals surface area contributed by atoms with Crippen LogP contribution in [0, 0.1) is 5.41 Å². The van der Waals surface area contributed by atoms with Gasteiger partial charge in [-0.05, 0) is 25.3 Å². The van der Waals surface area contributed by atoms with Crippen molar-refractivity contribution in [2.24, 2.45) is 11.1 Å². The van der Waals surface area contributed by atoms with Gasteiger partial charge in [-0.25, -0.2) is 0 Å². The molecule has 0 spiro atoms. The molecule has 0 radical (unpaired) electrons. The zero-order valence-corrected chi connectivity index (χ0v) is 12.3. The highest BCUT2D eigenvalue weighted by Crippen LogP contribution is 2.24. The fourth-order valence-corrected chi connectivity index (χ4v) is 2.19. The Labute approximate surface area is 117 Å². The van der Waals surface area contributed by atoms with Gasteiger partial charge in [-0.3, -0.25) is 9.59 Å². The molecule has 0 fully saturated rings. The largest absolute Gasteiger partial charge is 0.469 e. The molecular weight excluding hydrogens is 264 g/mol. The number of thiophene rings is 1. The number of carbonyl (C=O) groups excluding carboxylic acids is 2. The summed E-state index contributed by atoms with van der Waals surface area (Å²) in [5.74, 6) is -0.526. The number of nitrogens with one attached hydrogen (secondary N) is 1. The third kappa shape index (κ3) is 4.33. The lowest BCUT2D eigenvalue weighted by atomic mass is 9.92. The number of ether oxygens (including phenoxy) is 1. The average Bonchev–Trinajstić information content (AvgIpc) is 2.91. The molecule has 19 heavy (non-hydrogen) atoms. The van der Waals surface area contributed by atoms with Crippen molar-refractivity contribution in [1.29, 1.82) is 0 Å². The zero-order chi connectivity index (χ0) is 14.5. The molecule has 1 atom stereocenters. The molecule has 0 aliphatic carbocycles. The Morgan fingerprint density at radius 1 is 1.53 bits per heavy atom. The topological polar surface area (TPSA) is 81.4 Å². The van der Waals surface area contributed by atoms with E-state index in [4.69, 9.17) is 5.73 Å². The third-order valence-corrected chi connectivity index (χ3v) is 3.90. The summed E-state index contributed by atoms with van der Waals surface area (Å²) in [6.45, 7) is 3.78. The molecule has 106 valence electrons. The lowest BCUT2D eigenvalue weighted by molar-refractivity contribution is -0.141. The summed E-state index contributed by atoms with van der Waals surface area (Å²) in [4.78, 5) is 24.5. The summed E-state index contributed by atoms with van der Waals surface area (Å²) in [7, 11) is 1.33. The number of hydrogen-bond acceptors (Lipinski definition) is 5. The Morgan fingerprint density at radius 3 is 2.68 bits per heavy atom. The van der Waals surface area contributed by atoms with Gasteiger partial charge in [0.2, 0.25) is 5.91 Å². The quantitative estimate of drug-likeness (QED) is 0.775. The molecule has 1 heterocycles. The molecule has 1 aromatic heterocycles. The van der Waals surface area contributed by atoms with E-state index in [-0.39, 0.29) is 30.9 Å². The molecule has 0 aliphatic heterocycles. The Kier molecular flexibility index (Phi) is 5.50. The van der Waals surface area contributed by atoms with E-state index in [0.29, 0.717) is 0 Å². The molecule has 0 aromatic carbocycles. The monoisotopic (exact) mass is 284 g/mol. The first-order valence-electron chi connectivity index (χ1n) is 6.02. The van der Waals surface area contributed by atoms with E-state index < -0.39 is 5.41 Å². The van der Waals surface area contributed by atoms with Crippen LogP contribution in [0.4, 0.5) is 0 Å². The Bertz CT molecular complexity index is 429. The molecule has 1 unspecified atom stereocenters. The molecule has 0 aliphatic rings. The summed E-state index contributed by atoms with van der Waals surface area (Å²) < 4.78 is 4.66. The van der Waals surface area contributed by atoms with Gasteiger partial charge in [-0.2, -0.15) is 0 Å². The van der Waals surface area contributed by atoms with Crippen molar-refractivity contribution in [2.75, 3.05) is 13.7 Å². The van der Waals surface area contributed by atoms with E-state index in [9.17, 15) is 9.59 Å². The van der Waals surface area contributed by atoms with Crippen molar-refractivity contribution in [3.8, 4) is 0 Å². The van der Waals surface area contributed by atoms with Gasteiger partial charge in [0.05, 0.1) is 25.0 Å². The predicted octanol–water partition coefficient (Wildman–Crippen LogP) is 1.45. The predicted molar refractivity (Wildman–Crippen MR) is 74.7 cm³/mol. The second kappa shape index (κ2) is 6.68. The van der Waals surface area contributed by atoms with Crippen LogP contribution < -0.4 is 11.1 Å². The first kappa shape index (κ1) is 15.7. The number of nitrogens with two attached hydrogens (primary N) is 1. The molecule has 5 nitrogen and oxygen atoms in total. The first-order valence-corrected chi connectivity index (χ1v) is 6.90. The van der Waals surface area contributed by atoms with Gasteiger partial charge in [0.1, 0.15) is 0 Å². The standard InChI is InChI=1S/C13H20N2O3S/c1-13(2,8-14)12(17)15-9(7-11(16)18-3)10-5-4-6-19-10/h4-6,9H,7-8,14H2,1-3H3,(H,15,17). The zero-order valence-electron chi connectivity index (χ0n) is 11.4. The van der Waals surface area contributed by atoms with Crippen molar-refractivity contribution in [3.63, 3.8) is 0 Å². The highest BCUT2D eigenvalue weighted by Gasteiger charge is 2.29. The maximum Gasteiger partial charge on any atom is 0.307 e. The van der Waals surface area contributed by atoms with E-state index in [0.717, 1.165) is 4.88 Å². The van der Waals surface area contributed by atoms with Crippen molar-refractivity contribution in [2.45, 2.75) is 26.3 Å². The van der Waals surface area contributed by atoms with Crippen molar-refractivity contribution in [3.05, 3.63) is 22.4 Å². The van der Waals surface area contributed by atoms with Crippen LogP contribution in [0.15, 0.2) is 17.5 Å². The summed E-state index contributed by atoms with van der Waals surface area (Å²) in [5.41, 5.74) is 4.92. The normalized spacial score (nSPS) is 12.8. The minimum absolute atomic E-state index is 0.114. The van der Waals surface area contributed by atoms with Crippen LogP contribution in [0.5, 0.6) is 0 Å². The highest BCUT2D eigenvalue weighted by atomic mass is 32.1. The van der Waals surface area contributed by atoms with Crippen LogP contribution in [0.3, 0.4) is 0 Å². The summed E-state index contributed by atoms with van der Waals surface area (Å²) in [5, 5.41) is 4.77. The summed E-state index contributed by atoms with van der Waals surface area (Å²) in [6.07, 6.45) is 0.114. The van der Waals surface area contributed by atoms with Crippen molar-refractivity contribution >= 4 is 23.2 Å². The maximum atomic E-state index is 12.1. The van der Waals surface area contributed by atoms with Crippen LogP contribution in [0.25, 0.3) is 0 Å². The highest BCUT2D eigenvalue weighted by molar-refractivity contribution is 7.10. The molecule has 1 amide bonds. The fourth-order valence-electron chi connectivity index (χ4n) is 1.41. The van der Waals surface area contributed by atoms with E-state index in [1.54, 1.807) is 13.8 Å². The van der Waals surface area contributed by atoms with Crippen LogP contribution in [-0.2, 0) is 14.3 Å². The summed E-state index contributed by atoms with van der Waals surface area (Å²) in [6, 6.07) is 3.39. The molecule has 1 aromatic rings. The van der Waals surface area contributed by atoms with Crippen LogP contribution in [-0.4, -0.2) is 25.5 Å². The van der Waals surface area contributed by atoms with Gasteiger partial charge in [-0.15, -0.1) is 11.3 Å². The Hall–Kier alpha value is -1.40. The fraction of sp³-hybridized carbons (Fsp3) is 0.538. The summed E-state index contributed by atoms with van der Waals surface area (Å²) >= 11 is 1.49. The van der Waals surface area contributed by atoms with Gasteiger partial charge >= 0.3 is 5.97 Å². The van der Waals surface area contributed by atoms with Crippen LogP contribution in [0.1, 0.15) is 31.2 Å².